The van der Waals surface area contributed by atoms with E-state index in [1.807, 2.05) is 46.8 Å². The molecule has 5 heteroatoms. The summed E-state index contributed by atoms with van der Waals surface area (Å²) in [5, 5.41) is 4.18. The Morgan fingerprint density at radius 1 is 1.19 bits per heavy atom. The molecule has 27 heavy (non-hydrogen) atoms. The first-order valence-electron chi connectivity index (χ1n) is 9.32. The third-order valence-electron chi connectivity index (χ3n) is 3.60. The molecule has 1 aromatic heterocycles. The van der Waals surface area contributed by atoms with Crippen molar-refractivity contribution in [1.29, 1.82) is 0 Å². The molecule has 2 aromatic rings. The third kappa shape index (κ3) is 6.77. The van der Waals surface area contributed by atoms with Crippen molar-refractivity contribution in [2.24, 2.45) is 0 Å². The van der Waals surface area contributed by atoms with Crippen LogP contribution in [0.15, 0.2) is 35.3 Å². The summed E-state index contributed by atoms with van der Waals surface area (Å²) in [5.74, 6) is 6.44. The van der Waals surface area contributed by atoms with Gasteiger partial charge in [0.2, 0.25) is 0 Å². The first-order chi connectivity index (χ1) is 12.8. The Kier molecular flexibility index (Phi) is 9.11. The van der Waals surface area contributed by atoms with Crippen molar-refractivity contribution in [1.82, 2.24) is 9.78 Å². The number of ether oxygens (including phenoxy) is 1. The highest BCUT2D eigenvalue weighted by Gasteiger charge is 2.19. The molecule has 0 saturated heterocycles. The van der Waals surface area contributed by atoms with Crippen molar-refractivity contribution in [2.45, 2.75) is 59.9 Å². The lowest BCUT2D eigenvalue weighted by atomic mass is 10.1. The zero-order valence-electron chi connectivity index (χ0n) is 17.1. The second-order valence-electron chi connectivity index (χ2n) is 6.66. The van der Waals surface area contributed by atoms with Gasteiger partial charge < -0.3 is 4.74 Å². The van der Waals surface area contributed by atoms with Crippen LogP contribution >= 0.6 is 11.6 Å². The van der Waals surface area contributed by atoms with E-state index in [2.05, 4.69) is 36.0 Å². The number of rotatable bonds is 4. The zero-order chi connectivity index (χ0) is 20.4. The number of aryl methyl sites for hydroxylation is 1. The summed E-state index contributed by atoms with van der Waals surface area (Å²) >= 11 is 6.11. The van der Waals surface area contributed by atoms with Crippen molar-refractivity contribution in [3.05, 3.63) is 57.0 Å². The van der Waals surface area contributed by atoms with Crippen LogP contribution < -0.4 is 10.3 Å². The van der Waals surface area contributed by atoms with E-state index in [0.29, 0.717) is 18.8 Å². The van der Waals surface area contributed by atoms with Crippen molar-refractivity contribution in [2.75, 3.05) is 6.61 Å². The molecule has 0 amide bonds. The third-order valence-corrected chi connectivity index (χ3v) is 3.95. The first kappa shape index (κ1) is 22.8. The normalized spacial score (nSPS) is 10.3. The molecule has 0 saturated carbocycles. The maximum atomic E-state index is 12.2. The lowest BCUT2D eigenvalue weighted by Crippen LogP contribution is -2.36. The highest BCUT2D eigenvalue weighted by atomic mass is 35.5. The standard InChI is InChI=1S/C20H23ClN2O2.C2H6/c1-5-15-9-11-16(12-10-15)8-6-7-13-25-17-14-22-23(20(2,3)4)19(24)18(17)21;1-2/h9-12,14H,5,7,13H2,1-4H3;1-2H3. The van der Waals surface area contributed by atoms with Crippen LogP contribution in [0.4, 0.5) is 0 Å². The predicted molar refractivity (Wildman–Crippen MR) is 113 cm³/mol. The molecule has 0 aliphatic carbocycles. The fraction of sp³-hybridized carbons (Fsp3) is 0.455. The summed E-state index contributed by atoms with van der Waals surface area (Å²) in [6.45, 7) is 12.1. The topological polar surface area (TPSA) is 44.1 Å². The van der Waals surface area contributed by atoms with Gasteiger partial charge in [-0.1, -0.05) is 56.3 Å². The minimum atomic E-state index is -0.432. The summed E-state index contributed by atoms with van der Waals surface area (Å²) in [6.07, 6.45) is 3.03. The predicted octanol–water partition coefficient (Wildman–Crippen LogP) is 5.06. The van der Waals surface area contributed by atoms with Crippen LogP contribution in [0.1, 0.15) is 59.1 Å². The Bertz CT molecular complexity index is 838. The summed E-state index contributed by atoms with van der Waals surface area (Å²) in [6, 6.07) is 8.19. The molecule has 0 bridgehead atoms. The fourth-order valence-electron chi connectivity index (χ4n) is 2.20. The first-order valence-corrected chi connectivity index (χ1v) is 9.69. The van der Waals surface area contributed by atoms with E-state index in [1.54, 1.807) is 0 Å². The van der Waals surface area contributed by atoms with Gasteiger partial charge in [-0.05, 0) is 44.9 Å². The lowest BCUT2D eigenvalue weighted by molar-refractivity contribution is 0.306. The molecule has 0 unspecified atom stereocenters. The van der Waals surface area contributed by atoms with Gasteiger partial charge in [0.05, 0.1) is 18.3 Å². The highest BCUT2D eigenvalue weighted by Crippen LogP contribution is 2.20. The minimum Gasteiger partial charge on any atom is -0.489 e. The molecular formula is C22H29ClN2O2. The van der Waals surface area contributed by atoms with E-state index in [4.69, 9.17) is 16.3 Å². The molecule has 2 rings (SSSR count). The number of aromatic nitrogens is 2. The minimum absolute atomic E-state index is 0.0491. The molecule has 0 aliphatic heterocycles. The number of nitrogens with zero attached hydrogens (tertiary/aromatic N) is 2. The maximum Gasteiger partial charge on any atom is 0.289 e. The molecule has 0 aliphatic rings. The number of benzene rings is 1. The Balaban J connectivity index is 0.00000176. The van der Waals surface area contributed by atoms with Gasteiger partial charge in [-0.2, -0.15) is 5.10 Å². The summed E-state index contributed by atoms with van der Waals surface area (Å²) in [4.78, 5) is 12.2. The summed E-state index contributed by atoms with van der Waals surface area (Å²) in [5.41, 5.74) is 1.48. The van der Waals surface area contributed by atoms with Crippen molar-refractivity contribution >= 4 is 11.6 Å². The second kappa shape index (κ2) is 10.8. The summed E-state index contributed by atoms with van der Waals surface area (Å²) in [7, 11) is 0. The zero-order valence-corrected chi connectivity index (χ0v) is 17.9. The summed E-state index contributed by atoms with van der Waals surface area (Å²) < 4.78 is 6.90. The van der Waals surface area contributed by atoms with Crippen LogP contribution in [-0.4, -0.2) is 16.4 Å². The van der Waals surface area contributed by atoms with Crippen molar-refractivity contribution < 1.29 is 4.74 Å². The average Bonchev–Trinajstić information content (AvgIpc) is 2.66. The monoisotopic (exact) mass is 388 g/mol. The van der Waals surface area contributed by atoms with E-state index in [9.17, 15) is 4.79 Å². The smallest absolute Gasteiger partial charge is 0.289 e. The van der Waals surface area contributed by atoms with Gasteiger partial charge in [0.15, 0.2) is 10.8 Å². The molecule has 1 heterocycles. The van der Waals surface area contributed by atoms with Gasteiger partial charge in [-0.15, -0.1) is 0 Å². The van der Waals surface area contributed by atoms with Crippen molar-refractivity contribution in [3.8, 4) is 17.6 Å². The fourth-order valence-corrected chi connectivity index (χ4v) is 2.38. The number of halogens is 1. The largest absolute Gasteiger partial charge is 0.489 e. The quantitative estimate of drug-likeness (QED) is 0.543. The molecule has 0 N–H and O–H groups in total. The average molecular weight is 389 g/mol. The Hall–Kier alpha value is -2.25. The molecule has 1 aromatic carbocycles. The van der Waals surface area contributed by atoms with Crippen molar-refractivity contribution in [3.63, 3.8) is 0 Å². The van der Waals surface area contributed by atoms with Crippen LogP contribution in [0.3, 0.4) is 0 Å². The van der Waals surface area contributed by atoms with Crippen LogP contribution in [0.2, 0.25) is 5.02 Å². The highest BCUT2D eigenvalue weighted by molar-refractivity contribution is 6.31. The van der Waals surface area contributed by atoms with Crippen LogP contribution in [-0.2, 0) is 12.0 Å². The van der Waals surface area contributed by atoms with Crippen LogP contribution in [0.25, 0.3) is 0 Å². The molecule has 0 radical (unpaired) electrons. The molecule has 0 fully saturated rings. The van der Waals surface area contributed by atoms with Gasteiger partial charge in [-0.25, -0.2) is 4.68 Å². The molecule has 146 valence electrons. The molecule has 4 nitrogen and oxygen atoms in total. The second-order valence-corrected chi connectivity index (χ2v) is 7.04. The van der Waals surface area contributed by atoms with E-state index in [0.717, 1.165) is 12.0 Å². The molecular weight excluding hydrogens is 360 g/mol. The van der Waals surface area contributed by atoms with Gasteiger partial charge in [0, 0.05) is 12.0 Å². The van der Waals surface area contributed by atoms with Gasteiger partial charge in [0.1, 0.15) is 0 Å². The number of hydrogen-bond acceptors (Lipinski definition) is 3. The van der Waals surface area contributed by atoms with Crippen LogP contribution in [0, 0.1) is 11.8 Å². The maximum absolute atomic E-state index is 12.2. The Labute approximate surface area is 167 Å². The van der Waals surface area contributed by atoms with Gasteiger partial charge in [0.25, 0.3) is 5.56 Å². The van der Waals surface area contributed by atoms with Crippen LogP contribution in [0.5, 0.6) is 5.75 Å². The Morgan fingerprint density at radius 3 is 2.37 bits per heavy atom. The Morgan fingerprint density at radius 2 is 1.81 bits per heavy atom. The molecule has 0 atom stereocenters. The van der Waals surface area contributed by atoms with E-state index < -0.39 is 5.54 Å². The molecule has 0 spiro atoms. The van der Waals surface area contributed by atoms with Gasteiger partial charge >= 0.3 is 0 Å². The van der Waals surface area contributed by atoms with E-state index in [1.165, 1.54) is 16.4 Å². The lowest BCUT2D eigenvalue weighted by Gasteiger charge is -2.21. The van der Waals surface area contributed by atoms with Gasteiger partial charge in [-0.3, -0.25) is 4.79 Å². The van der Waals surface area contributed by atoms with E-state index in [-0.39, 0.29) is 10.6 Å². The SMILES string of the molecule is CC.CCc1ccc(C#CCCOc2cnn(C(C)(C)C)c(=O)c2Cl)cc1. The van der Waals surface area contributed by atoms with E-state index >= 15 is 0 Å². The number of hydrogen-bond donors (Lipinski definition) is 0.